The van der Waals surface area contributed by atoms with Gasteiger partial charge in [-0.2, -0.15) is 0 Å². The molecule has 0 aliphatic carbocycles. The molecule has 0 heterocycles. The Balaban J connectivity index is 2.66. The van der Waals surface area contributed by atoms with E-state index in [4.69, 9.17) is 10.6 Å². The Morgan fingerprint density at radius 3 is 2.41 bits per heavy atom. The maximum absolute atomic E-state index is 11.9. The summed E-state index contributed by atoms with van der Waals surface area (Å²) in [6, 6.07) is 9.44. The number of carbonyl (C=O) groups is 1. The van der Waals surface area contributed by atoms with Crippen molar-refractivity contribution in [1.82, 2.24) is 5.48 Å². The van der Waals surface area contributed by atoms with Crippen LogP contribution in [0.2, 0.25) is 0 Å². The quantitative estimate of drug-likeness (QED) is 0.780. The van der Waals surface area contributed by atoms with Gasteiger partial charge in [-0.05, 0) is 26.3 Å². The highest BCUT2D eigenvalue weighted by molar-refractivity contribution is 5.83. The molecule has 94 valence electrons. The van der Waals surface area contributed by atoms with E-state index in [-0.39, 0.29) is 18.4 Å². The zero-order valence-electron chi connectivity index (χ0n) is 10.6. The Kier molecular flexibility index (Phi) is 4.66. The molecule has 1 aromatic carbocycles. The van der Waals surface area contributed by atoms with Crippen LogP contribution in [-0.4, -0.2) is 18.1 Å². The first-order valence-corrected chi connectivity index (χ1v) is 5.67. The van der Waals surface area contributed by atoms with Crippen LogP contribution in [0.4, 0.5) is 0 Å². The summed E-state index contributed by atoms with van der Waals surface area (Å²) in [4.78, 5) is 17.1. The molecular formula is C13H20N2O2. The molecule has 0 saturated heterocycles. The van der Waals surface area contributed by atoms with Gasteiger partial charge < -0.3 is 5.73 Å². The predicted octanol–water partition coefficient (Wildman–Crippen LogP) is 1.58. The highest BCUT2D eigenvalue weighted by Gasteiger charge is 2.21. The fourth-order valence-electron chi connectivity index (χ4n) is 1.35. The molecule has 0 aromatic heterocycles. The number of rotatable bonds is 4. The van der Waals surface area contributed by atoms with Crippen LogP contribution in [0, 0.1) is 0 Å². The summed E-state index contributed by atoms with van der Waals surface area (Å²) in [5, 5.41) is 0. The molecule has 0 spiro atoms. The smallest absolute Gasteiger partial charge is 0.252 e. The van der Waals surface area contributed by atoms with E-state index in [9.17, 15) is 4.79 Å². The Morgan fingerprint density at radius 1 is 1.35 bits per heavy atom. The summed E-state index contributed by atoms with van der Waals surface area (Å²) < 4.78 is 0. The van der Waals surface area contributed by atoms with Crippen molar-refractivity contribution in [2.75, 3.05) is 6.54 Å². The number of carbonyl (C=O) groups excluding carboxylic acids is 1. The molecule has 4 nitrogen and oxygen atoms in total. The molecule has 0 saturated carbocycles. The summed E-state index contributed by atoms with van der Waals surface area (Å²) in [6.45, 7) is 5.86. The minimum Gasteiger partial charge on any atom is -0.329 e. The zero-order chi connectivity index (χ0) is 12.9. The minimum absolute atomic E-state index is 0.214. The molecule has 1 rings (SSSR count). The summed E-state index contributed by atoms with van der Waals surface area (Å²) in [7, 11) is 0. The van der Waals surface area contributed by atoms with Gasteiger partial charge in [-0.15, -0.1) is 0 Å². The lowest BCUT2D eigenvalue weighted by Gasteiger charge is -2.21. The van der Waals surface area contributed by atoms with Crippen molar-refractivity contribution in [2.24, 2.45) is 5.73 Å². The topological polar surface area (TPSA) is 64.3 Å². The standard InChI is InChI=1S/C13H20N2O2/c1-13(2,3)17-15-12(16)11(9-14)10-7-5-4-6-8-10/h4-8,11H,9,14H2,1-3H3,(H,15,16). The van der Waals surface area contributed by atoms with E-state index in [0.29, 0.717) is 0 Å². The Labute approximate surface area is 102 Å². The van der Waals surface area contributed by atoms with Gasteiger partial charge in [0, 0.05) is 6.54 Å². The molecule has 4 heteroatoms. The average Bonchev–Trinajstić information content (AvgIpc) is 2.28. The number of hydrogen-bond donors (Lipinski definition) is 2. The van der Waals surface area contributed by atoms with Crippen LogP contribution in [-0.2, 0) is 9.63 Å². The second-order valence-corrected chi connectivity index (χ2v) is 4.88. The highest BCUT2D eigenvalue weighted by atomic mass is 16.7. The molecule has 0 fully saturated rings. The monoisotopic (exact) mass is 236 g/mol. The molecular weight excluding hydrogens is 216 g/mol. The van der Waals surface area contributed by atoms with Gasteiger partial charge in [0.05, 0.1) is 11.5 Å². The number of hydroxylamine groups is 1. The normalized spacial score (nSPS) is 13.2. The highest BCUT2D eigenvalue weighted by Crippen LogP contribution is 2.15. The lowest BCUT2D eigenvalue weighted by Crippen LogP contribution is -2.38. The zero-order valence-corrected chi connectivity index (χ0v) is 10.6. The van der Waals surface area contributed by atoms with E-state index >= 15 is 0 Å². The minimum atomic E-state index is -0.411. The van der Waals surface area contributed by atoms with E-state index < -0.39 is 5.60 Å². The summed E-state index contributed by atoms with van der Waals surface area (Å²) in [5.74, 6) is -0.591. The molecule has 0 aliphatic rings. The first-order chi connectivity index (χ1) is 7.94. The van der Waals surface area contributed by atoms with Crippen molar-refractivity contribution < 1.29 is 9.63 Å². The van der Waals surface area contributed by atoms with Gasteiger partial charge in [-0.25, -0.2) is 5.48 Å². The van der Waals surface area contributed by atoms with Crippen molar-refractivity contribution in [3.05, 3.63) is 35.9 Å². The molecule has 1 aromatic rings. The Morgan fingerprint density at radius 2 is 1.94 bits per heavy atom. The van der Waals surface area contributed by atoms with Crippen molar-refractivity contribution >= 4 is 5.91 Å². The molecule has 0 aliphatic heterocycles. The predicted molar refractivity (Wildman–Crippen MR) is 67.2 cm³/mol. The molecule has 3 N–H and O–H groups in total. The second kappa shape index (κ2) is 5.80. The van der Waals surface area contributed by atoms with Crippen molar-refractivity contribution in [3.63, 3.8) is 0 Å². The third kappa shape index (κ3) is 4.54. The number of amides is 1. The van der Waals surface area contributed by atoms with Crippen LogP contribution >= 0.6 is 0 Å². The van der Waals surface area contributed by atoms with Crippen LogP contribution in [0.25, 0.3) is 0 Å². The van der Waals surface area contributed by atoms with Gasteiger partial charge in [0.15, 0.2) is 0 Å². The van der Waals surface area contributed by atoms with Crippen LogP contribution in [0.15, 0.2) is 30.3 Å². The SMILES string of the molecule is CC(C)(C)ONC(=O)C(CN)c1ccccc1. The lowest BCUT2D eigenvalue weighted by molar-refractivity contribution is -0.146. The number of hydrogen-bond acceptors (Lipinski definition) is 3. The maximum atomic E-state index is 11.9. The fourth-order valence-corrected chi connectivity index (χ4v) is 1.35. The summed E-state index contributed by atoms with van der Waals surface area (Å²) in [5.41, 5.74) is 8.56. The van der Waals surface area contributed by atoms with Gasteiger partial charge in [0.25, 0.3) is 5.91 Å². The summed E-state index contributed by atoms with van der Waals surface area (Å²) in [6.07, 6.45) is 0. The molecule has 1 atom stereocenters. The van der Waals surface area contributed by atoms with Crippen LogP contribution in [0.3, 0.4) is 0 Å². The van der Waals surface area contributed by atoms with Crippen LogP contribution in [0.5, 0.6) is 0 Å². The van der Waals surface area contributed by atoms with Gasteiger partial charge in [0.1, 0.15) is 0 Å². The lowest BCUT2D eigenvalue weighted by atomic mass is 9.99. The first kappa shape index (κ1) is 13.7. The van der Waals surface area contributed by atoms with E-state index in [1.165, 1.54) is 0 Å². The third-order valence-corrected chi connectivity index (χ3v) is 2.21. The van der Waals surface area contributed by atoms with Gasteiger partial charge in [-0.1, -0.05) is 30.3 Å². The van der Waals surface area contributed by atoms with E-state index in [1.807, 2.05) is 51.1 Å². The summed E-state index contributed by atoms with van der Waals surface area (Å²) >= 11 is 0. The molecule has 0 radical (unpaired) electrons. The van der Waals surface area contributed by atoms with E-state index in [2.05, 4.69) is 5.48 Å². The van der Waals surface area contributed by atoms with Crippen molar-refractivity contribution in [2.45, 2.75) is 32.3 Å². The molecule has 17 heavy (non-hydrogen) atoms. The maximum Gasteiger partial charge on any atom is 0.252 e. The first-order valence-electron chi connectivity index (χ1n) is 5.67. The van der Waals surface area contributed by atoms with E-state index in [0.717, 1.165) is 5.56 Å². The largest absolute Gasteiger partial charge is 0.329 e. The molecule has 1 unspecified atom stereocenters. The Bertz CT molecular complexity index is 357. The van der Waals surface area contributed by atoms with Gasteiger partial charge >= 0.3 is 0 Å². The van der Waals surface area contributed by atoms with E-state index in [1.54, 1.807) is 0 Å². The Hall–Kier alpha value is -1.39. The van der Waals surface area contributed by atoms with Crippen LogP contribution in [0.1, 0.15) is 32.3 Å². The van der Waals surface area contributed by atoms with Crippen LogP contribution < -0.4 is 11.2 Å². The number of benzene rings is 1. The van der Waals surface area contributed by atoms with Crippen molar-refractivity contribution in [1.29, 1.82) is 0 Å². The number of nitrogens with two attached hydrogens (primary N) is 1. The fraction of sp³-hybridized carbons (Fsp3) is 0.462. The molecule has 1 amide bonds. The van der Waals surface area contributed by atoms with Gasteiger partial charge in [0.2, 0.25) is 0 Å². The molecule has 0 bridgehead atoms. The number of nitrogens with one attached hydrogen (secondary N) is 1. The van der Waals surface area contributed by atoms with Gasteiger partial charge in [-0.3, -0.25) is 9.63 Å². The second-order valence-electron chi connectivity index (χ2n) is 4.88. The average molecular weight is 236 g/mol. The third-order valence-electron chi connectivity index (χ3n) is 2.21. The van der Waals surface area contributed by atoms with Crippen molar-refractivity contribution in [3.8, 4) is 0 Å².